The van der Waals surface area contributed by atoms with Crippen molar-refractivity contribution in [2.24, 2.45) is 5.92 Å². The largest absolute Gasteiger partial charge is 0.372 e. The maximum atomic E-state index is 11.6. The Hall–Kier alpha value is -0.0800. The first-order valence-corrected chi connectivity index (χ1v) is 7.93. The lowest BCUT2D eigenvalue weighted by Gasteiger charge is -2.33. The first kappa shape index (κ1) is 14.3. The van der Waals surface area contributed by atoms with E-state index in [0.29, 0.717) is 12.0 Å². The van der Waals surface area contributed by atoms with E-state index in [4.69, 9.17) is 16.3 Å². The molecule has 2 unspecified atom stereocenters. The fourth-order valence-electron chi connectivity index (χ4n) is 3.56. The number of carbonyl (C=O) groups excluding carboxylic acids is 1. The third kappa shape index (κ3) is 3.48. The van der Waals surface area contributed by atoms with E-state index in [0.717, 1.165) is 19.3 Å². The zero-order chi connectivity index (χ0) is 13.0. The van der Waals surface area contributed by atoms with Gasteiger partial charge in [-0.3, -0.25) is 4.79 Å². The van der Waals surface area contributed by atoms with E-state index in [1.807, 2.05) is 0 Å². The van der Waals surface area contributed by atoms with Crippen molar-refractivity contribution in [2.45, 2.75) is 76.4 Å². The lowest BCUT2D eigenvalue weighted by atomic mass is 9.83. The van der Waals surface area contributed by atoms with Gasteiger partial charge in [0.1, 0.15) is 5.78 Å². The maximum absolute atomic E-state index is 11.6. The summed E-state index contributed by atoms with van der Waals surface area (Å²) < 4.78 is 6.32. The highest BCUT2D eigenvalue weighted by molar-refractivity contribution is 6.18. The van der Waals surface area contributed by atoms with E-state index in [9.17, 15) is 4.79 Å². The van der Waals surface area contributed by atoms with Gasteiger partial charge in [0, 0.05) is 11.8 Å². The van der Waals surface area contributed by atoms with Crippen molar-refractivity contribution in [1.29, 1.82) is 0 Å². The highest BCUT2D eigenvalue weighted by atomic mass is 35.5. The Morgan fingerprint density at radius 3 is 2.67 bits per heavy atom. The van der Waals surface area contributed by atoms with Crippen LogP contribution in [0.3, 0.4) is 0 Å². The summed E-state index contributed by atoms with van der Waals surface area (Å²) in [5.41, 5.74) is 0.172. The van der Waals surface area contributed by atoms with Crippen LogP contribution in [0.15, 0.2) is 0 Å². The molecule has 2 atom stereocenters. The fourth-order valence-corrected chi connectivity index (χ4v) is 3.82. The highest BCUT2D eigenvalue weighted by Gasteiger charge is 2.41. The van der Waals surface area contributed by atoms with Crippen LogP contribution in [0, 0.1) is 5.92 Å². The molecule has 3 heteroatoms. The predicted molar refractivity (Wildman–Crippen MR) is 74.0 cm³/mol. The molecule has 2 fully saturated rings. The second-order valence-electron chi connectivity index (χ2n) is 6.04. The number of hydrogen-bond acceptors (Lipinski definition) is 2. The van der Waals surface area contributed by atoms with Gasteiger partial charge in [0.2, 0.25) is 0 Å². The number of alkyl halides is 1. The van der Waals surface area contributed by atoms with Gasteiger partial charge in [-0.2, -0.15) is 0 Å². The Labute approximate surface area is 115 Å². The normalized spacial score (nSPS) is 28.4. The van der Waals surface area contributed by atoms with Crippen LogP contribution >= 0.6 is 11.6 Å². The summed E-state index contributed by atoms with van der Waals surface area (Å²) in [5.74, 6) is 0.942. The van der Waals surface area contributed by atoms with Crippen LogP contribution in [0.5, 0.6) is 0 Å². The lowest BCUT2D eigenvalue weighted by Crippen LogP contribution is -2.32. The van der Waals surface area contributed by atoms with E-state index in [1.165, 1.54) is 38.5 Å². The van der Waals surface area contributed by atoms with Gasteiger partial charge in [-0.15, -0.1) is 11.6 Å². The molecule has 1 aliphatic carbocycles. The summed E-state index contributed by atoms with van der Waals surface area (Å²) in [4.78, 5) is 11.6. The van der Waals surface area contributed by atoms with Crippen molar-refractivity contribution < 1.29 is 9.53 Å². The first-order chi connectivity index (χ1) is 8.65. The molecule has 104 valence electrons. The van der Waals surface area contributed by atoms with Gasteiger partial charge in [0.25, 0.3) is 0 Å². The molecule has 0 aromatic heterocycles. The van der Waals surface area contributed by atoms with Gasteiger partial charge in [-0.25, -0.2) is 0 Å². The van der Waals surface area contributed by atoms with Crippen LogP contribution in [-0.4, -0.2) is 23.4 Å². The molecule has 1 saturated heterocycles. The SMILES string of the molecule is CC(=O)C(CCCl)CC1CCC2(CCCCC2)O1. The van der Waals surface area contributed by atoms with E-state index in [-0.39, 0.29) is 17.3 Å². The molecule has 2 aliphatic rings. The molecule has 1 spiro atoms. The zero-order valence-corrected chi connectivity index (χ0v) is 12.2. The number of ether oxygens (including phenoxy) is 1. The average molecular weight is 273 g/mol. The van der Waals surface area contributed by atoms with Gasteiger partial charge in [-0.05, 0) is 45.4 Å². The Morgan fingerprint density at radius 1 is 1.33 bits per heavy atom. The summed E-state index contributed by atoms with van der Waals surface area (Å²) in [6.45, 7) is 1.68. The average Bonchev–Trinajstić information content (AvgIpc) is 2.72. The zero-order valence-electron chi connectivity index (χ0n) is 11.4. The number of carbonyl (C=O) groups is 1. The maximum Gasteiger partial charge on any atom is 0.133 e. The monoisotopic (exact) mass is 272 g/mol. The molecule has 2 rings (SSSR count). The Bertz CT molecular complexity index is 284. The van der Waals surface area contributed by atoms with Gasteiger partial charge in [-0.1, -0.05) is 19.3 Å². The molecule has 0 aromatic carbocycles. The summed E-state index contributed by atoms with van der Waals surface area (Å²) in [5, 5.41) is 0. The fraction of sp³-hybridized carbons (Fsp3) is 0.933. The highest BCUT2D eigenvalue weighted by Crippen LogP contribution is 2.43. The van der Waals surface area contributed by atoms with Crippen LogP contribution in [0.1, 0.15) is 64.7 Å². The molecule has 2 nitrogen and oxygen atoms in total. The van der Waals surface area contributed by atoms with Gasteiger partial charge >= 0.3 is 0 Å². The molecule has 0 N–H and O–H groups in total. The molecule has 0 amide bonds. The number of rotatable bonds is 5. The van der Waals surface area contributed by atoms with E-state index in [2.05, 4.69) is 0 Å². The van der Waals surface area contributed by atoms with Crippen molar-refractivity contribution in [2.75, 3.05) is 5.88 Å². The van der Waals surface area contributed by atoms with Crippen LogP contribution in [0.25, 0.3) is 0 Å². The summed E-state index contributed by atoms with van der Waals surface area (Å²) in [7, 11) is 0. The van der Waals surface area contributed by atoms with Crippen LogP contribution < -0.4 is 0 Å². The van der Waals surface area contributed by atoms with Gasteiger partial charge in [0.15, 0.2) is 0 Å². The third-order valence-corrected chi connectivity index (χ3v) is 4.90. The minimum Gasteiger partial charge on any atom is -0.372 e. The standard InChI is InChI=1S/C15H25ClO2/c1-12(17)13(6-10-16)11-14-5-9-15(18-14)7-3-2-4-8-15/h13-14H,2-11H2,1H3. The molecule has 1 aliphatic heterocycles. The Morgan fingerprint density at radius 2 is 2.06 bits per heavy atom. The quantitative estimate of drug-likeness (QED) is 0.705. The van der Waals surface area contributed by atoms with Crippen molar-refractivity contribution in [1.82, 2.24) is 0 Å². The van der Waals surface area contributed by atoms with Crippen molar-refractivity contribution in [3.05, 3.63) is 0 Å². The van der Waals surface area contributed by atoms with Crippen LogP contribution in [0.2, 0.25) is 0 Å². The molecule has 1 heterocycles. The van der Waals surface area contributed by atoms with E-state index < -0.39 is 0 Å². The van der Waals surface area contributed by atoms with Crippen molar-refractivity contribution in [3.8, 4) is 0 Å². The number of ketones is 1. The first-order valence-electron chi connectivity index (χ1n) is 7.39. The second kappa shape index (κ2) is 6.38. The van der Waals surface area contributed by atoms with Crippen molar-refractivity contribution >= 4 is 17.4 Å². The minimum atomic E-state index is 0.103. The van der Waals surface area contributed by atoms with E-state index >= 15 is 0 Å². The summed E-state index contributed by atoms with van der Waals surface area (Å²) in [6, 6.07) is 0. The second-order valence-corrected chi connectivity index (χ2v) is 6.42. The van der Waals surface area contributed by atoms with E-state index in [1.54, 1.807) is 6.92 Å². The molecular weight excluding hydrogens is 248 g/mol. The minimum absolute atomic E-state index is 0.103. The molecule has 18 heavy (non-hydrogen) atoms. The number of halogens is 1. The molecule has 0 radical (unpaired) electrons. The van der Waals surface area contributed by atoms with Crippen LogP contribution in [0.4, 0.5) is 0 Å². The predicted octanol–water partition coefficient (Wildman–Crippen LogP) is 4.09. The van der Waals surface area contributed by atoms with Gasteiger partial charge < -0.3 is 4.74 Å². The van der Waals surface area contributed by atoms with Crippen LogP contribution in [-0.2, 0) is 9.53 Å². The van der Waals surface area contributed by atoms with Gasteiger partial charge in [0.05, 0.1) is 11.7 Å². The number of hydrogen-bond donors (Lipinski definition) is 0. The summed E-state index contributed by atoms with van der Waals surface area (Å²) in [6.07, 6.45) is 10.7. The lowest BCUT2D eigenvalue weighted by molar-refractivity contribution is -0.123. The third-order valence-electron chi connectivity index (χ3n) is 4.68. The molecular formula is C15H25ClO2. The summed E-state index contributed by atoms with van der Waals surface area (Å²) >= 11 is 5.77. The smallest absolute Gasteiger partial charge is 0.133 e. The Kier molecular flexibility index (Phi) is 5.08. The molecule has 0 aromatic rings. The molecule has 1 saturated carbocycles. The molecule has 0 bridgehead atoms. The Balaban J connectivity index is 1.86. The van der Waals surface area contributed by atoms with Crippen molar-refractivity contribution in [3.63, 3.8) is 0 Å². The topological polar surface area (TPSA) is 26.3 Å². The number of Topliss-reactive ketones (excluding diaryl/α,β-unsaturated/α-hetero) is 1.